The topological polar surface area (TPSA) is 85.4 Å². The highest BCUT2D eigenvalue weighted by atomic mass is 16.7. The highest BCUT2D eigenvalue weighted by Crippen LogP contribution is 2.32. The second-order valence-electron chi connectivity index (χ2n) is 5.67. The van der Waals surface area contributed by atoms with E-state index in [-0.39, 0.29) is 12.7 Å². The number of pyridine rings is 2. The van der Waals surface area contributed by atoms with Gasteiger partial charge in [-0.3, -0.25) is 9.78 Å². The lowest BCUT2D eigenvalue weighted by atomic mass is 10.2. The smallest absolute Gasteiger partial charge is 0.257 e. The van der Waals surface area contributed by atoms with Gasteiger partial charge in [-0.05, 0) is 42.0 Å². The Morgan fingerprint density at radius 1 is 1.08 bits per heavy atom. The second kappa shape index (κ2) is 7.10. The first-order valence-corrected chi connectivity index (χ1v) is 8.08. The zero-order chi connectivity index (χ0) is 17.8. The van der Waals surface area contributed by atoms with Crippen LogP contribution in [0.15, 0.2) is 61.1 Å². The fourth-order valence-corrected chi connectivity index (χ4v) is 2.52. The molecule has 2 aromatic heterocycles. The van der Waals surface area contributed by atoms with Crippen molar-refractivity contribution in [2.45, 2.75) is 6.54 Å². The molecule has 3 aromatic rings. The van der Waals surface area contributed by atoms with Crippen LogP contribution in [0.3, 0.4) is 0 Å². The van der Waals surface area contributed by atoms with Crippen molar-refractivity contribution in [3.8, 4) is 11.5 Å². The molecule has 0 unspecified atom stereocenters. The number of nitrogens with one attached hydrogen (secondary N) is 2. The highest BCUT2D eigenvalue weighted by molar-refractivity contribution is 6.03. The quantitative estimate of drug-likeness (QED) is 0.737. The summed E-state index contributed by atoms with van der Waals surface area (Å²) in [5.74, 6) is 2.01. The molecule has 4 rings (SSSR count). The van der Waals surface area contributed by atoms with E-state index in [1.54, 1.807) is 30.6 Å². The molecule has 1 aliphatic rings. The Kier molecular flexibility index (Phi) is 4.34. The third-order valence-electron chi connectivity index (χ3n) is 3.86. The largest absolute Gasteiger partial charge is 0.454 e. The summed E-state index contributed by atoms with van der Waals surface area (Å²) in [5, 5.41) is 6.02. The number of hydrogen-bond acceptors (Lipinski definition) is 6. The summed E-state index contributed by atoms with van der Waals surface area (Å²) in [6.45, 7) is 0.866. The number of ether oxygens (including phenoxy) is 2. The number of benzene rings is 1. The molecule has 7 nitrogen and oxygen atoms in total. The van der Waals surface area contributed by atoms with Crippen LogP contribution >= 0.6 is 0 Å². The molecule has 2 N–H and O–H groups in total. The van der Waals surface area contributed by atoms with Crippen molar-refractivity contribution in [2.24, 2.45) is 0 Å². The summed E-state index contributed by atoms with van der Waals surface area (Å²) in [7, 11) is 0. The van der Waals surface area contributed by atoms with E-state index in [2.05, 4.69) is 20.6 Å². The molecule has 0 radical (unpaired) electrons. The molecule has 1 aromatic carbocycles. The molecule has 26 heavy (non-hydrogen) atoms. The van der Waals surface area contributed by atoms with E-state index in [0.29, 0.717) is 23.6 Å². The van der Waals surface area contributed by atoms with Crippen LogP contribution in [0, 0.1) is 0 Å². The zero-order valence-electron chi connectivity index (χ0n) is 13.8. The Labute approximate surface area is 150 Å². The highest BCUT2D eigenvalue weighted by Gasteiger charge is 2.13. The molecule has 0 saturated heterocycles. The van der Waals surface area contributed by atoms with E-state index >= 15 is 0 Å². The summed E-state index contributed by atoms with van der Waals surface area (Å²) in [4.78, 5) is 20.3. The minimum absolute atomic E-state index is 0.221. The average Bonchev–Trinajstić information content (AvgIpc) is 3.16. The van der Waals surface area contributed by atoms with Crippen molar-refractivity contribution in [1.29, 1.82) is 0 Å². The molecule has 0 fully saturated rings. The minimum Gasteiger partial charge on any atom is -0.454 e. The lowest BCUT2D eigenvalue weighted by Gasteiger charge is -2.08. The fraction of sp³-hybridized carbons (Fsp3) is 0.105. The maximum Gasteiger partial charge on any atom is 0.257 e. The molecule has 3 heterocycles. The van der Waals surface area contributed by atoms with Crippen LogP contribution in [0.4, 0.5) is 11.5 Å². The molecule has 130 valence electrons. The molecular formula is C19H16N4O3. The first-order valence-electron chi connectivity index (χ1n) is 8.08. The molecule has 1 amide bonds. The molecule has 0 bridgehead atoms. The number of rotatable bonds is 5. The first-order chi connectivity index (χ1) is 12.8. The van der Waals surface area contributed by atoms with Gasteiger partial charge in [-0.25, -0.2) is 4.98 Å². The van der Waals surface area contributed by atoms with Gasteiger partial charge in [0.15, 0.2) is 11.5 Å². The van der Waals surface area contributed by atoms with E-state index < -0.39 is 0 Å². The summed E-state index contributed by atoms with van der Waals surface area (Å²) in [5.41, 5.74) is 2.18. The van der Waals surface area contributed by atoms with Crippen LogP contribution < -0.4 is 20.1 Å². The molecule has 1 aliphatic heterocycles. The Morgan fingerprint density at radius 2 is 2.00 bits per heavy atom. The van der Waals surface area contributed by atoms with Gasteiger partial charge < -0.3 is 20.1 Å². The van der Waals surface area contributed by atoms with Crippen molar-refractivity contribution in [3.05, 3.63) is 72.2 Å². The van der Waals surface area contributed by atoms with Crippen molar-refractivity contribution >= 4 is 17.4 Å². The monoisotopic (exact) mass is 348 g/mol. The Morgan fingerprint density at radius 3 is 2.81 bits per heavy atom. The van der Waals surface area contributed by atoms with Gasteiger partial charge >= 0.3 is 0 Å². The van der Waals surface area contributed by atoms with Crippen molar-refractivity contribution in [3.63, 3.8) is 0 Å². The van der Waals surface area contributed by atoms with E-state index in [0.717, 1.165) is 17.1 Å². The van der Waals surface area contributed by atoms with Crippen molar-refractivity contribution in [1.82, 2.24) is 9.97 Å². The molecule has 7 heteroatoms. The third-order valence-corrected chi connectivity index (χ3v) is 3.86. The lowest BCUT2D eigenvalue weighted by Crippen LogP contribution is -2.12. The number of carbonyl (C=O) groups excluding carboxylic acids is 1. The van der Waals surface area contributed by atoms with Crippen LogP contribution in [0.1, 0.15) is 15.9 Å². The predicted molar refractivity (Wildman–Crippen MR) is 96.3 cm³/mol. The second-order valence-corrected chi connectivity index (χ2v) is 5.67. The van der Waals surface area contributed by atoms with E-state index in [4.69, 9.17) is 9.47 Å². The number of amides is 1. The van der Waals surface area contributed by atoms with Crippen LogP contribution in [-0.2, 0) is 6.54 Å². The molecule has 0 atom stereocenters. The van der Waals surface area contributed by atoms with Crippen LogP contribution in [0.5, 0.6) is 11.5 Å². The SMILES string of the molecule is O=C(Nc1ccc(NCc2ccc3c(c2)OCO3)nc1)c1cccnc1. The van der Waals surface area contributed by atoms with Crippen molar-refractivity contribution in [2.75, 3.05) is 17.4 Å². The summed E-state index contributed by atoms with van der Waals surface area (Å²) < 4.78 is 10.7. The number of anilines is 2. The standard InChI is InChI=1S/C19H16N4O3/c24-19(14-2-1-7-20-10-14)23-15-4-6-18(22-11-15)21-9-13-3-5-16-17(8-13)26-12-25-16/h1-8,10-11H,9,12H2,(H,21,22)(H,23,24). The Bertz CT molecular complexity index is 914. The van der Waals surface area contributed by atoms with E-state index in [9.17, 15) is 4.79 Å². The summed E-state index contributed by atoms with van der Waals surface area (Å²) in [6, 6.07) is 12.8. The number of carbonyl (C=O) groups is 1. The Balaban J connectivity index is 1.35. The summed E-state index contributed by atoms with van der Waals surface area (Å²) >= 11 is 0. The first kappa shape index (κ1) is 15.9. The number of nitrogens with zero attached hydrogens (tertiary/aromatic N) is 2. The fourth-order valence-electron chi connectivity index (χ4n) is 2.52. The van der Waals surface area contributed by atoms with Gasteiger partial charge in [0.05, 0.1) is 17.4 Å². The minimum atomic E-state index is -0.221. The molecule has 0 aliphatic carbocycles. The maximum atomic E-state index is 12.1. The summed E-state index contributed by atoms with van der Waals surface area (Å²) in [6.07, 6.45) is 4.75. The van der Waals surface area contributed by atoms with Crippen LogP contribution in [0.25, 0.3) is 0 Å². The zero-order valence-corrected chi connectivity index (χ0v) is 13.8. The number of hydrogen-bond donors (Lipinski definition) is 2. The van der Waals surface area contributed by atoms with Gasteiger partial charge in [0.2, 0.25) is 6.79 Å². The van der Waals surface area contributed by atoms with Crippen LogP contribution in [-0.4, -0.2) is 22.7 Å². The van der Waals surface area contributed by atoms with Crippen LogP contribution in [0.2, 0.25) is 0 Å². The number of fused-ring (bicyclic) bond motifs is 1. The molecule has 0 saturated carbocycles. The van der Waals surface area contributed by atoms with E-state index in [1.165, 1.54) is 6.20 Å². The van der Waals surface area contributed by atoms with Gasteiger partial charge in [0, 0.05) is 18.9 Å². The van der Waals surface area contributed by atoms with Gasteiger partial charge in [-0.15, -0.1) is 0 Å². The predicted octanol–water partition coefficient (Wildman–Crippen LogP) is 3.07. The molecular weight excluding hydrogens is 332 g/mol. The molecule has 0 spiro atoms. The van der Waals surface area contributed by atoms with E-state index in [1.807, 2.05) is 24.3 Å². The maximum absolute atomic E-state index is 12.1. The third kappa shape index (κ3) is 3.56. The normalized spacial score (nSPS) is 11.8. The van der Waals surface area contributed by atoms with Crippen molar-refractivity contribution < 1.29 is 14.3 Å². The lowest BCUT2D eigenvalue weighted by molar-refractivity contribution is 0.102. The van der Waals surface area contributed by atoms with Gasteiger partial charge in [0.25, 0.3) is 5.91 Å². The Hall–Kier alpha value is -3.61. The van der Waals surface area contributed by atoms with Gasteiger partial charge in [0.1, 0.15) is 5.82 Å². The van der Waals surface area contributed by atoms with Gasteiger partial charge in [-0.2, -0.15) is 0 Å². The van der Waals surface area contributed by atoms with Gasteiger partial charge in [-0.1, -0.05) is 6.07 Å². The number of aromatic nitrogens is 2. The average molecular weight is 348 g/mol.